The zero-order valence-corrected chi connectivity index (χ0v) is 11.1. The van der Waals surface area contributed by atoms with Gasteiger partial charge in [-0.1, -0.05) is 6.07 Å². The standard InChI is InChI=1S/C15H15N3O2/c1-11(13-5-4-8-20-13)16-10-12-9-15(19)18-7-3-2-6-14(18)17-12/h2-9,11,16H,10H2,1H3/t11-/m0/s1. The molecule has 0 bridgehead atoms. The molecule has 0 amide bonds. The van der Waals surface area contributed by atoms with Gasteiger partial charge in [0.25, 0.3) is 5.56 Å². The van der Waals surface area contributed by atoms with Crippen molar-refractivity contribution in [1.29, 1.82) is 0 Å². The van der Waals surface area contributed by atoms with Crippen molar-refractivity contribution in [2.75, 3.05) is 0 Å². The number of hydrogen-bond acceptors (Lipinski definition) is 4. The van der Waals surface area contributed by atoms with Crippen molar-refractivity contribution in [3.63, 3.8) is 0 Å². The van der Waals surface area contributed by atoms with E-state index >= 15 is 0 Å². The highest BCUT2D eigenvalue weighted by Crippen LogP contribution is 2.12. The van der Waals surface area contributed by atoms with Gasteiger partial charge in [-0.2, -0.15) is 0 Å². The first-order valence-electron chi connectivity index (χ1n) is 6.48. The van der Waals surface area contributed by atoms with E-state index in [-0.39, 0.29) is 11.6 Å². The minimum Gasteiger partial charge on any atom is -0.468 e. The molecule has 0 aliphatic rings. The molecule has 5 nitrogen and oxygen atoms in total. The first-order valence-corrected chi connectivity index (χ1v) is 6.48. The van der Waals surface area contributed by atoms with E-state index in [1.54, 1.807) is 18.5 Å². The maximum absolute atomic E-state index is 11.9. The molecule has 0 unspecified atom stereocenters. The second kappa shape index (κ2) is 5.30. The molecule has 20 heavy (non-hydrogen) atoms. The second-order valence-corrected chi connectivity index (χ2v) is 4.63. The third kappa shape index (κ3) is 2.48. The van der Waals surface area contributed by atoms with Crippen LogP contribution in [0.5, 0.6) is 0 Å². The highest BCUT2D eigenvalue weighted by Gasteiger charge is 2.08. The molecule has 102 valence electrons. The smallest absolute Gasteiger partial charge is 0.258 e. The first kappa shape index (κ1) is 12.6. The summed E-state index contributed by atoms with van der Waals surface area (Å²) >= 11 is 0. The lowest BCUT2D eigenvalue weighted by Crippen LogP contribution is -2.21. The summed E-state index contributed by atoms with van der Waals surface area (Å²) in [5, 5.41) is 3.29. The largest absolute Gasteiger partial charge is 0.468 e. The van der Waals surface area contributed by atoms with E-state index in [2.05, 4.69) is 10.3 Å². The van der Waals surface area contributed by atoms with E-state index in [0.717, 1.165) is 11.5 Å². The highest BCUT2D eigenvalue weighted by atomic mass is 16.3. The Morgan fingerprint density at radius 3 is 3.05 bits per heavy atom. The van der Waals surface area contributed by atoms with Crippen LogP contribution in [-0.2, 0) is 6.54 Å². The van der Waals surface area contributed by atoms with Gasteiger partial charge in [-0.05, 0) is 31.2 Å². The Labute approximate surface area is 115 Å². The first-order chi connectivity index (χ1) is 9.74. The zero-order chi connectivity index (χ0) is 13.9. The van der Waals surface area contributed by atoms with Crippen molar-refractivity contribution in [3.05, 3.63) is 70.7 Å². The van der Waals surface area contributed by atoms with Crippen LogP contribution < -0.4 is 10.9 Å². The van der Waals surface area contributed by atoms with Gasteiger partial charge >= 0.3 is 0 Å². The molecule has 3 heterocycles. The molecule has 1 atom stereocenters. The van der Waals surface area contributed by atoms with Crippen LogP contribution in [0, 0.1) is 0 Å². The van der Waals surface area contributed by atoms with E-state index < -0.39 is 0 Å². The van der Waals surface area contributed by atoms with Crippen molar-refractivity contribution in [1.82, 2.24) is 14.7 Å². The normalized spacial score (nSPS) is 12.7. The van der Waals surface area contributed by atoms with Gasteiger partial charge in [0.15, 0.2) is 0 Å². The summed E-state index contributed by atoms with van der Waals surface area (Å²) in [7, 11) is 0. The SMILES string of the molecule is C[C@H](NCc1cc(=O)n2ccccc2n1)c1ccco1. The molecule has 0 fully saturated rings. The monoisotopic (exact) mass is 269 g/mol. The Morgan fingerprint density at radius 2 is 2.25 bits per heavy atom. The minimum absolute atomic E-state index is 0.0704. The Balaban J connectivity index is 1.80. The number of nitrogens with zero attached hydrogens (tertiary/aromatic N) is 2. The lowest BCUT2D eigenvalue weighted by atomic mass is 10.2. The molecular weight excluding hydrogens is 254 g/mol. The number of rotatable bonds is 4. The van der Waals surface area contributed by atoms with Crippen molar-refractivity contribution in [2.45, 2.75) is 19.5 Å². The number of hydrogen-bond donors (Lipinski definition) is 1. The van der Waals surface area contributed by atoms with Gasteiger partial charge in [0.05, 0.1) is 18.0 Å². The van der Waals surface area contributed by atoms with Crippen LogP contribution in [0.1, 0.15) is 24.4 Å². The maximum atomic E-state index is 11.9. The van der Waals surface area contributed by atoms with Gasteiger partial charge in [-0.15, -0.1) is 0 Å². The van der Waals surface area contributed by atoms with Gasteiger partial charge in [0.2, 0.25) is 0 Å². The van der Waals surface area contributed by atoms with Crippen LogP contribution in [-0.4, -0.2) is 9.38 Å². The van der Waals surface area contributed by atoms with E-state index in [4.69, 9.17) is 4.42 Å². The third-order valence-electron chi connectivity index (χ3n) is 3.18. The Morgan fingerprint density at radius 1 is 1.35 bits per heavy atom. The summed E-state index contributed by atoms with van der Waals surface area (Å²) in [5.41, 5.74) is 1.31. The number of furan rings is 1. The van der Waals surface area contributed by atoms with Gasteiger partial charge in [-0.25, -0.2) is 4.98 Å². The molecule has 3 rings (SSSR count). The average molecular weight is 269 g/mol. The van der Waals surface area contributed by atoms with Gasteiger partial charge in [0.1, 0.15) is 11.4 Å². The van der Waals surface area contributed by atoms with E-state index in [0.29, 0.717) is 12.2 Å². The lowest BCUT2D eigenvalue weighted by molar-refractivity contribution is 0.428. The summed E-state index contributed by atoms with van der Waals surface area (Å²) in [6.07, 6.45) is 3.36. The molecule has 0 spiro atoms. The topological polar surface area (TPSA) is 59.5 Å². The molecule has 0 radical (unpaired) electrons. The molecule has 0 aromatic carbocycles. The zero-order valence-electron chi connectivity index (χ0n) is 11.1. The number of fused-ring (bicyclic) bond motifs is 1. The average Bonchev–Trinajstić information content (AvgIpc) is 2.99. The fraction of sp³-hybridized carbons (Fsp3) is 0.200. The van der Waals surface area contributed by atoms with Gasteiger partial charge in [0, 0.05) is 18.8 Å². The third-order valence-corrected chi connectivity index (χ3v) is 3.18. The van der Waals surface area contributed by atoms with Crippen molar-refractivity contribution in [3.8, 4) is 0 Å². The number of pyridine rings is 1. The summed E-state index contributed by atoms with van der Waals surface area (Å²) in [4.78, 5) is 16.4. The fourth-order valence-corrected chi connectivity index (χ4v) is 2.09. The molecule has 3 aromatic rings. The molecule has 0 saturated carbocycles. The minimum atomic E-state index is -0.0712. The Bertz CT molecular complexity index is 762. The van der Waals surface area contributed by atoms with E-state index in [1.807, 2.05) is 37.3 Å². The van der Waals surface area contributed by atoms with Gasteiger partial charge in [-0.3, -0.25) is 9.20 Å². The summed E-state index contributed by atoms with van der Waals surface area (Å²) in [5.74, 6) is 0.863. The predicted molar refractivity (Wildman–Crippen MR) is 75.4 cm³/mol. The number of aromatic nitrogens is 2. The molecule has 0 aliphatic heterocycles. The molecule has 0 aliphatic carbocycles. The maximum Gasteiger partial charge on any atom is 0.258 e. The lowest BCUT2D eigenvalue weighted by Gasteiger charge is -2.11. The van der Waals surface area contributed by atoms with Crippen molar-refractivity contribution in [2.24, 2.45) is 0 Å². The van der Waals surface area contributed by atoms with Crippen LogP contribution >= 0.6 is 0 Å². The molecule has 3 aromatic heterocycles. The quantitative estimate of drug-likeness (QED) is 0.788. The highest BCUT2D eigenvalue weighted by molar-refractivity contribution is 5.37. The van der Waals surface area contributed by atoms with E-state index in [9.17, 15) is 4.79 Å². The fourth-order valence-electron chi connectivity index (χ4n) is 2.09. The van der Waals surface area contributed by atoms with Crippen molar-refractivity contribution >= 4 is 5.65 Å². The van der Waals surface area contributed by atoms with Crippen LogP contribution in [0.15, 0.2) is 58.1 Å². The van der Waals surface area contributed by atoms with Crippen LogP contribution in [0.3, 0.4) is 0 Å². The van der Waals surface area contributed by atoms with Crippen molar-refractivity contribution < 1.29 is 4.42 Å². The molecule has 1 N–H and O–H groups in total. The molecule has 5 heteroatoms. The van der Waals surface area contributed by atoms with Gasteiger partial charge < -0.3 is 9.73 Å². The van der Waals surface area contributed by atoms with Crippen LogP contribution in [0.4, 0.5) is 0 Å². The summed E-state index contributed by atoms with van der Waals surface area (Å²) < 4.78 is 6.86. The van der Waals surface area contributed by atoms with Crippen LogP contribution in [0.25, 0.3) is 5.65 Å². The predicted octanol–water partition coefficient (Wildman–Crippen LogP) is 2.14. The summed E-state index contributed by atoms with van der Waals surface area (Å²) in [6.45, 7) is 2.52. The number of nitrogens with one attached hydrogen (secondary N) is 1. The Kier molecular flexibility index (Phi) is 3.35. The summed E-state index contributed by atoms with van der Waals surface area (Å²) in [6, 6.07) is 10.9. The second-order valence-electron chi connectivity index (χ2n) is 4.63. The van der Waals surface area contributed by atoms with E-state index in [1.165, 1.54) is 4.40 Å². The molecule has 0 saturated heterocycles. The Hall–Kier alpha value is -2.40. The van der Waals surface area contributed by atoms with Crippen LogP contribution in [0.2, 0.25) is 0 Å². The molecular formula is C15H15N3O2.